The molecule has 2 unspecified atom stereocenters. The van der Waals surface area contributed by atoms with Gasteiger partial charge in [0.05, 0.1) is 25.4 Å². The number of ether oxygens (including phenoxy) is 1. The molecular formula is C51H93NO5. The molecule has 0 aliphatic rings. The molecule has 0 saturated carbocycles. The predicted octanol–water partition coefficient (Wildman–Crippen LogP) is 14.3. The van der Waals surface area contributed by atoms with Gasteiger partial charge in [-0.1, -0.05) is 184 Å². The van der Waals surface area contributed by atoms with Gasteiger partial charge in [0.15, 0.2) is 0 Å². The zero-order valence-corrected chi connectivity index (χ0v) is 37.6. The number of hydrogen-bond donors (Lipinski definition) is 3. The van der Waals surface area contributed by atoms with E-state index < -0.39 is 12.1 Å². The number of carbonyl (C=O) groups excluding carboxylic acids is 2. The average Bonchev–Trinajstić information content (AvgIpc) is 3.21. The van der Waals surface area contributed by atoms with E-state index in [0.29, 0.717) is 19.4 Å². The number of amides is 1. The normalized spacial score (nSPS) is 13.1. The van der Waals surface area contributed by atoms with Crippen molar-refractivity contribution in [3.63, 3.8) is 0 Å². The minimum atomic E-state index is -0.861. The second-order valence-electron chi connectivity index (χ2n) is 16.4. The van der Waals surface area contributed by atoms with Crippen LogP contribution in [0.25, 0.3) is 0 Å². The molecule has 6 heteroatoms. The molecule has 0 fully saturated rings. The first kappa shape index (κ1) is 54.8. The lowest BCUT2D eigenvalue weighted by Crippen LogP contribution is -2.45. The molecule has 57 heavy (non-hydrogen) atoms. The number of esters is 1. The van der Waals surface area contributed by atoms with Crippen molar-refractivity contribution >= 4 is 11.9 Å². The highest BCUT2D eigenvalue weighted by Gasteiger charge is 2.18. The molecule has 0 aromatic rings. The van der Waals surface area contributed by atoms with Crippen LogP contribution in [0.2, 0.25) is 0 Å². The fraction of sp³-hybridized carbons (Fsp3) is 0.804. The van der Waals surface area contributed by atoms with Gasteiger partial charge in [0, 0.05) is 12.8 Å². The molecule has 332 valence electrons. The number of unbranched alkanes of at least 4 members (excludes halogenated alkanes) is 27. The first-order valence-electron chi connectivity index (χ1n) is 24.4. The number of carbonyl (C=O) groups is 2. The van der Waals surface area contributed by atoms with Gasteiger partial charge in [0.1, 0.15) is 0 Å². The number of nitrogens with one attached hydrogen (secondary N) is 1. The summed E-state index contributed by atoms with van der Waals surface area (Å²) in [6, 6.07) is -0.647. The quantitative estimate of drug-likeness (QED) is 0.0324. The van der Waals surface area contributed by atoms with E-state index in [2.05, 4.69) is 55.6 Å². The largest absolute Gasteiger partial charge is 0.466 e. The highest BCUT2D eigenvalue weighted by molar-refractivity contribution is 5.76. The second kappa shape index (κ2) is 46.5. The van der Waals surface area contributed by atoms with Gasteiger partial charge in [-0.25, -0.2) is 0 Å². The average molecular weight is 800 g/mol. The van der Waals surface area contributed by atoms with Crippen LogP contribution in [0.3, 0.4) is 0 Å². The number of aliphatic hydroxyl groups is 2. The van der Waals surface area contributed by atoms with E-state index in [1.807, 2.05) is 6.08 Å². The number of aliphatic hydroxyl groups excluding tert-OH is 2. The molecule has 0 rings (SSSR count). The molecule has 0 spiro atoms. The van der Waals surface area contributed by atoms with Gasteiger partial charge >= 0.3 is 5.97 Å². The van der Waals surface area contributed by atoms with Gasteiger partial charge in [0.25, 0.3) is 0 Å². The van der Waals surface area contributed by atoms with Crippen molar-refractivity contribution in [3.05, 3.63) is 48.6 Å². The van der Waals surface area contributed by atoms with Gasteiger partial charge in [-0.05, 0) is 89.9 Å². The van der Waals surface area contributed by atoms with Gasteiger partial charge in [-0.2, -0.15) is 0 Å². The maximum absolute atomic E-state index is 12.4. The molecule has 3 N–H and O–H groups in total. The molecule has 0 saturated heterocycles. The third-order valence-corrected chi connectivity index (χ3v) is 10.8. The summed E-state index contributed by atoms with van der Waals surface area (Å²) < 4.78 is 5.43. The van der Waals surface area contributed by atoms with Crippen molar-refractivity contribution in [2.45, 2.75) is 251 Å². The van der Waals surface area contributed by atoms with Gasteiger partial charge in [-0.3, -0.25) is 9.59 Å². The minimum absolute atomic E-state index is 0.0401. The van der Waals surface area contributed by atoms with E-state index in [0.717, 1.165) is 103 Å². The number of hydrogen-bond acceptors (Lipinski definition) is 5. The summed E-state index contributed by atoms with van der Waals surface area (Å²) in [6.07, 6.45) is 56.7. The fourth-order valence-corrected chi connectivity index (χ4v) is 6.99. The molecule has 0 aliphatic carbocycles. The molecule has 0 heterocycles. The highest BCUT2D eigenvalue weighted by atomic mass is 16.5. The lowest BCUT2D eigenvalue weighted by molar-refractivity contribution is -0.143. The topological polar surface area (TPSA) is 95.9 Å². The predicted molar refractivity (Wildman–Crippen MR) is 245 cm³/mol. The van der Waals surface area contributed by atoms with Crippen LogP contribution >= 0.6 is 0 Å². The smallest absolute Gasteiger partial charge is 0.305 e. The van der Waals surface area contributed by atoms with Crippen molar-refractivity contribution in [1.29, 1.82) is 0 Å². The van der Waals surface area contributed by atoms with Crippen molar-refractivity contribution < 1.29 is 24.5 Å². The highest BCUT2D eigenvalue weighted by Crippen LogP contribution is 2.14. The van der Waals surface area contributed by atoms with Crippen LogP contribution in [0, 0.1) is 0 Å². The summed E-state index contributed by atoms with van der Waals surface area (Å²) in [6.45, 7) is 4.78. The molecule has 0 radical (unpaired) electrons. The zero-order chi connectivity index (χ0) is 41.5. The Kier molecular flexibility index (Phi) is 44.7. The van der Waals surface area contributed by atoms with Gasteiger partial charge in [0.2, 0.25) is 5.91 Å². The number of allylic oxidation sites excluding steroid dienone is 7. The molecule has 1 amide bonds. The molecule has 2 atom stereocenters. The minimum Gasteiger partial charge on any atom is -0.466 e. The van der Waals surface area contributed by atoms with E-state index in [4.69, 9.17) is 4.74 Å². The van der Waals surface area contributed by atoms with Gasteiger partial charge < -0.3 is 20.3 Å². The Morgan fingerprint density at radius 3 is 1.40 bits per heavy atom. The Hall–Kier alpha value is -2.18. The Labute approximate surface area is 353 Å². The van der Waals surface area contributed by atoms with E-state index in [1.165, 1.54) is 109 Å². The molecule has 0 aromatic heterocycles. The lowest BCUT2D eigenvalue weighted by Gasteiger charge is -2.20. The van der Waals surface area contributed by atoms with Crippen molar-refractivity contribution in [3.8, 4) is 0 Å². The van der Waals surface area contributed by atoms with Crippen molar-refractivity contribution in [2.24, 2.45) is 0 Å². The van der Waals surface area contributed by atoms with Crippen LogP contribution in [0.5, 0.6) is 0 Å². The van der Waals surface area contributed by atoms with E-state index in [9.17, 15) is 19.8 Å². The SMILES string of the molecule is CCCC/C=C\C/C=C\CCCCCCCC(=O)OCCCCC/C=C\CCCCCCCC(=O)NC(CO)C(O)/C=C/CCCCCCCCCCCCCC. The first-order valence-corrected chi connectivity index (χ1v) is 24.4. The standard InChI is InChI=1S/C51H93NO5/c1-3-5-7-9-11-13-15-17-19-23-27-31-35-39-43-49(54)48(47-53)52-50(55)44-40-36-32-28-24-21-22-26-30-34-38-42-46-57-51(56)45-41-37-33-29-25-20-18-16-14-12-10-8-6-4-2/h10,12,16,18,22,26,39,43,48-49,53-54H,3-9,11,13-15,17,19-21,23-25,27-38,40-42,44-47H2,1-2H3,(H,52,55)/b12-10-,18-16-,26-22-,43-39+. The third kappa shape index (κ3) is 43.2. The van der Waals surface area contributed by atoms with Gasteiger partial charge in [-0.15, -0.1) is 0 Å². The van der Waals surface area contributed by atoms with E-state index >= 15 is 0 Å². The monoisotopic (exact) mass is 800 g/mol. The summed E-state index contributed by atoms with van der Waals surface area (Å²) in [7, 11) is 0. The second-order valence-corrected chi connectivity index (χ2v) is 16.4. The maximum Gasteiger partial charge on any atom is 0.305 e. The summed E-state index contributed by atoms with van der Waals surface area (Å²) in [5.41, 5.74) is 0. The van der Waals surface area contributed by atoms with E-state index in [1.54, 1.807) is 6.08 Å². The first-order chi connectivity index (χ1) is 28.0. The molecule has 0 aromatic carbocycles. The van der Waals surface area contributed by atoms with E-state index in [-0.39, 0.29) is 18.5 Å². The summed E-state index contributed by atoms with van der Waals surface area (Å²) in [5, 5.41) is 23.0. The Morgan fingerprint density at radius 1 is 0.491 bits per heavy atom. The number of rotatable bonds is 44. The van der Waals surface area contributed by atoms with Crippen molar-refractivity contribution in [1.82, 2.24) is 5.32 Å². The summed E-state index contributed by atoms with van der Waals surface area (Å²) in [4.78, 5) is 24.4. The van der Waals surface area contributed by atoms with Crippen LogP contribution in [-0.2, 0) is 14.3 Å². The van der Waals surface area contributed by atoms with Crippen LogP contribution in [0.4, 0.5) is 0 Å². The molecular weight excluding hydrogens is 707 g/mol. The third-order valence-electron chi connectivity index (χ3n) is 10.8. The van der Waals surface area contributed by atoms with Crippen LogP contribution in [0.1, 0.15) is 239 Å². The van der Waals surface area contributed by atoms with Crippen molar-refractivity contribution in [2.75, 3.05) is 13.2 Å². The molecule has 6 nitrogen and oxygen atoms in total. The summed E-state index contributed by atoms with van der Waals surface area (Å²) >= 11 is 0. The lowest BCUT2D eigenvalue weighted by atomic mass is 10.0. The van der Waals surface area contributed by atoms with Crippen LogP contribution < -0.4 is 5.32 Å². The Balaban J connectivity index is 3.57. The zero-order valence-electron chi connectivity index (χ0n) is 37.6. The van der Waals surface area contributed by atoms with Crippen LogP contribution in [0.15, 0.2) is 48.6 Å². The fourth-order valence-electron chi connectivity index (χ4n) is 6.99. The summed E-state index contributed by atoms with van der Waals surface area (Å²) in [5.74, 6) is -0.137. The molecule has 0 bridgehead atoms. The maximum atomic E-state index is 12.4. The Bertz CT molecular complexity index is 973. The van der Waals surface area contributed by atoms with Crippen LogP contribution in [-0.4, -0.2) is 47.4 Å². The Morgan fingerprint density at radius 2 is 0.895 bits per heavy atom. The molecule has 0 aliphatic heterocycles.